The predicted molar refractivity (Wildman–Crippen MR) is 82.4 cm³/mol. The number of hydrogen-bond acceptors (Lipinski definition) is 5. The van der Waals surface area contributed by atoms with Crippen LogP contribution in [0.5, 0.6) is 0 Å². The van der Waals surface area contributed by atoms with Crippen LogP contribution in [0.4, 0.5) is 0 Å². The standard InChI is InChI=1S/C14H17N3O2S2/c18-21(19,17-9-11-2-1-6-15-8-11)14-5-7-20-13(14)10-16-12-3-4-12/h1-2,5-8,12,16-17H,3-4,9-10H2. The normalized spacial score (nSPS) is 15.2. The molecule has 112 valence electrons. The summed E-state index contributed by atoms with van der Waals surface area (Å²) in [6, 6.07) is 5.86. The van der Waals surface area contributed by atoms with Gasteiger partial charge in [0.1, 0.15) is 0 Å². The van der Waals surface area contributed by atoms with E-state index in [2.05, 4.69) is 15.0 Å². The van der Waals surface area contributed by atoms with Gasteiger partial charge in [-0.3, -0.25) is 4.98 Å². The molecule has 0 radical (unpaired) electrons. The van der Waals surface area contributed by atoms with E-state index in [0.29, 0.717) is 17.5 Å². The second-order valence-corrected chi connectivity index (χ2v) is 7.79. The number of hydrogen-bond donors (Lipinski definition) is 2. The van der Waals surface area contributed by atoms with Crippen molar-refractivity contribution in [3.05, 3.63) is 46.4 Å². The Morgan fingerprint density at radius 1 is 1.29 bits per heavy atom. The molecule has 0 spiro atoms. The topological polar surface area (TPSA) is 71.1 Å². The third kappa shape index (κ3) is 3.88. The SMILES string of the molecule is O=S(=O)(NCc1cccnc1)c1ccsc1CNC1CC1. The number of aromatic nitrogens is 1. The van der Waals surface area contributed by atoms with Crippen LogP contribution in [0.15, 0.2) is 40.9 Å². The molecule has 0 atom stereocenters. The monoisotopic (exact) mass is 323 g/mol. The first-order valence-corrected chi connectivity index (χ1v) is 9.20. The van der Waals surface area contributed by atoms with Crippen LogP contribution >= 0.6 is 11.3 Å². The van der Waals surface area contributed by atoms with Crippen molar-refractivity contribution in [1.82, 2.24) is 15.0 Å². The third-order valence-electron chi connectivity index (χ3n) is 3.31. The molecule has 2 aromatic heterocycles. The van der Waals surface area contributed by atoms with Gasteiger partial charge < -0.3 is 5.32 Å². The molecule has 21 heavy (non-hydrogen) atoms. The fourth-order valence-corrected chi connectivity index (χ4v) is 4.39. The number of nitrogens with zero attached hydrogens (tertiary/aromatic N) is 1. The van der Waals surface area contributed by atoms with E-state index in [-0.39, 0.29) is 6.54 Å². The lowest BCUT2D eigenvalue weighted by Crippen LogP contribution is -2.25. The zero-order valence-electron chi connectivity index (χ0n) is 11.5. The van der Waals surface area contributed by atoms with Crippen LogP contribution in [0.1, 0.15) is 23.3 Å². The highest BCUT2D eigenvalue weighted by Crippen LogP contribution is 2.24. The van der Waals surface area contributed by atoms with Gasteiger partial charge >= 0.3 is 0 Å². The summed E-state index contributed by atoms with van der Waals surface area (Å²) in [5, 5.41) is 5.18. The van der Waals surface area contributed by atoms with Crippen molar-refractivity contribution in [2.45, 2.75) is 36.9 Å². The number of pyridine rings is 1. The number of nitrogens with one attached hydrogen (secondary N) is 2. The van der Waals surface area contributed by atoms with Crippen molar-refractivity contribution >= 4 is 21.4 Å². The molecule has 2 N–H and O–H groups in total. The molecule has 1 saturated carbocycles. The molecule has 1 fully saturated rings. The highest BCUT2D eigenvalue weighted by atomic mass is 32.2. The summed E-state index contributed by atoms with van der Waals surface area (Å²) >= 11 is 1.47. The number of rotatable bonds is 7. The summed E-state index contributed by atoms with van der Waals surface area (Å²) < 4.78 is 27.4. The van der Waals surface area contributed by atoms with Crippen molar-refractivity contribution in [2.75, 3.05) is 0 Å². The first-order valence-electron chi connectivity index (χ1n) is 6.83. The molecular formula is C14H17N3O2S2. The van der Waals surface area contributed by atoms with E-state index in [1.807, 2.05) is 11.4 Å². The van der Waals surface area contributed by atoms with Crippen LogP contribution in [0.2, 0.25) is 0 Å². The zero-order valence-corrected chi connectivity index (χ0v) is 13.1. The predicted octanol–water partition coefficient (Wildman–Crippen LogP) is 1.87. The molecule has 0 aliphatic heterocycles. The number of thiophene rings is 1. The van der Waals surface area contributed by atoms with Crippen LogP contribution in [0, 0.1) is 0 Å². The Bertz CT molecular complexity index is 694. The average molecular weight is 323 g/mol. The Hall–Kier alpha value is -1.28. The van der Waals surface area contributed by atoms with Gasteiger partial charge in [-0.15, -0.1) is 11.3 Å². The molecule has 0 unspecified atom stereocenters. The first-order chi connectivity index (χ1) is 10.1. The van der Waals surface area contributed by atoms with Gasteiger partial charge in [0.2, 0.25) is 10.0 Å². The summed E-state index contributed by atoms with van der Waals surface area (Å²) in [6.07, 6.45) is 5.70. The van der Waals surface area contributed by atoms with Crippen molar-refractivity contribution in [1.29, 1.82) is 0 Å². The maximum Gasteiger partial charge on any atom is 0.242 e. The van der Waals surface area contributed by atoms with Gasteiger partial charge in [-0.1, -0.05) is 6.07 Å². The van der Waals surface area contributed by atoms with Crippen molar-refractivity contribution < 1.29 is 8.42 Å². The van der Waals surface area contributed by atoms with E-state index in [0.717, 1.165) is 10.4 Å². The second-order valence-electron chi connectivity index (χ2n) is 5.05. The summed E-state index contributed by atoms with van der Waals surface area (Å²) in [7, 11) is -3.48. The van der Waals surface area contributed by atoms with Crippen LogP contribution < -0.4 is 10.0 Å². The van der Waals surface area contributed by atoms with Gasteiger partial charge in [-0.05, 0) is 35.9 Å². The number of sulfonamides is 1. The van der Waals surface area contributed by atoms with Crippen LogP contribution in [0.3, 0.4) is 0 Å². The molecule has 2 aromatic rings. The van der Waals surface area contributed by atoms with Crippen molar-refractivity contribution in [2.24, 2.45) is 0 Å². The lowest BCUT2D eigenvalue weighted by atomic mass is 10.3. The van der Waals surface area contributed by atoms with Gasteiger partial charge in [0.05, 0.1) is 4.90 Å². The van der Waals surface area contributed by atoms with Crippen LogP contribution in [0.25, 0.3) is 0 Å². The molecule has 3 rings (SSSR count). The molecule has 2 heterocycles. The minimum atomic E-state index is -3.48. The Labute approximate surface area is 128 Å². The molecule has 1 aliphatic rings. The van der Waals surface area contributed by atoms with E-state index >= 15 is 0 Å². The minimum Gasteiger partial charge on any atom is -0.309 e. The van der Waals surface area contributed by atoms with E-state index in [1.54, 1.807) is 24.5 Å². The smallest absolute Gasteiger partial charge is 0.242 e. The quantitative estimate of drug-likeness (QED) is 0.816. The van der Waals surface area contributed by atoms with Crippen molar-refractivity contribution in [3.8, 4) is 0 Å². The summed E-state index contributed by atoms with van der Waals surface area (Å²) in [4.78, 5) is 5.22. The largest absolute Gasteiger partial charge is 0.309 e. The molecule has 5 nitrogen and oxygen atoms in total. The van der Waals surface area contributed by atoms with E-state index in [4.69, 9.17) is 0 Å². The van der Waals surface area contributed by atoms with E-state index in [9.17, 15) is 8.42 Å². The molecule has 0 bridgehead atoms. The molecule has 7 heteroatoms. The van der Waals surface area contributed by atoms with Gasteiger partial charge in [-0.25, -0.2) is 13.1 Å². The second kappa shape index (κ2) is 6.23. The lowest BCUT2D eigenvalue weighted by Gasteiger charge is -2.08. The van der Waals surface area contributed by atoms with Gasteiger partial charge in [-0.2, -0.15) is 0 Å². The fraction of sp³-hybridized carbons (Fsp3) is 0.357. The van der Waals surface area contributed by atoms with Gasteiger partial charge in [0.15, 0.2) is 0 Å². The Balaban J connectivity index is 1.67. The molecule has 0 saturated heterocycles. The molecule has 0 amide bonds. The summed E-state index contributed by atoms with van der Waals surface area (Å²) in [6.45, 7) is 0.868. The van der Waals surface area contributed by atoms with Crippen LogP contribution in [-0.4, -0.2) is 19.4 Å². The van der Waals surface area contributed by atoms with Gasteiger partial charge in [0, 0.05) is 36.4 Å². The van der Waals surface area contributed by atoms with Crippen LogP contribution in [-0.2, 0) is 23.1 Å². The maximum atomic E-state index is 12.4. The first kappa shape index (κ1) is 14.6. The van der Waals surface area contributed by atoms with E-state index < -0.39 is 10.0 Å². The Morgan fingerprint density at radius 2 is 2.14 bits per heavy atom. The maximum absolute atomic E-state index is 12.4. The van der Waals surface area contributed by atoms with Crippen molar-refractivity contribution in [3.63, 3.8) is 0 Å². The van der Waals surface area contributed by atoms with E-state index in [1.165, 1.54) is 24.2 Å². The third-order valence-corrected chi connectivity index (χ3v) is 5.85. The lowest BCUT2D eigenvalue weighted by molar-refractivity contribution is 0.579. The zero-order chi connectivity index (χ0) is 14.7. The Kier molecular flexibility index (Phi) is 4.34. The molecule has 1 aliphatic carbocycles. The fourth-order valence-electron chi connectivity index (χ4n) is 1.98. The average Bonchev–Trinajstić information content (AvgIpc) is 3.20. The summed E-state index contributed by atoms with van der Waals surface area (Å²) in [5.41, 5.74) is 0.842. The van der Waals surface area contributed by atoms with Gasteiger partial charge in [0.25, 0.3) is 0 Å². The highest BCUT2D eigenvalue weighted by Gasteiger charge is 2.23. The molecular weight excluding hydrogens is 306 g/mol. The summed E-state index contributed by atoms with van der Waals surface area (Å²) in [5.74, 6) is 0. The minimum absolute atomic E-state index is 0.252. The Morgan fingerprint density at radius 3 is 2.86 bits per heavy atom. The highest BCUT2D eigenvalue weighted by molar-refractivity contribution is 7.89. The molecule has 0 aromatic carbocycles.